The van der Waals surface area contributed by atoms with Gasteiger partial charge in [0, 0.05) is 45.3 Å². The van der Waals surface area contributed by atoms with E-state index in [4.69, 9.17) is 4.74 Å². The molecule has 0 saturated carbocycles. The fourth-order valence-electron chi connectivity index (χ4n) is 4.64. The van der Waals surface area contributed by atoms with Crippen molar-refractivity contribution in [3.63, 3.8) is 0 Å². The van der Waals surface area contributed by atoms with E-state index >= 15 is 0 Å². The summed E-state index contributed by atoms with van der Waals surface area (Å²) in [7, 11) is 1.71. The van der Waals surface area contributed by atoms with Gasteiger partial charge in [0.05, 0.1) is 24.9 Å². The molecule has 10 nitrogen and oxygen atoms in total. The summed E-state index contributed by atoms with van der Waals surface area (Å²) < 4.78 is 5.95. The zero-order valence-corrected chi connectivity index (χ0v) is 19.2. The molecule has 3 heterocycles. The molecule has 0 radical (unpaired) electrons. The first-order valence-corrected chi connectivity index (χ1v) is 11.8. The Hall–Kier alpha value is -2.69. The minimum atomic E-state index is -0.596. The molecule has 1 aromatic carbocycles. The number of aliphatic hydroxyl groups is 1. The second kappa shape index (κ2) is 11.0. The van der Waals surface area contributed by atoms with Crippen molar-refractivity contribution >= 4 is 23.5 Å². The molecular weight excluding hydrogens is 424 g/mol. The van der Waals surface area contributed by atoms with Crippen molar-refractivity contribution < 1.29 is 19.4 Å². The Balaban J connectivity index is 1.22. The van der Waals surface area contributed by atoms with Gasteiger partial charge in [-0.3, -0.25) is 19.8 Å². The Kier molecular flexibility index (Phi) is 7.79. The molecule has 33 heavy (non-hydrogen) atoms. The van der Waals surface area contributed by atoms with Crippen molar-refractivity contribution in [2.24, 2.45) is 4.99 Å². The highest BCUT2D eigenvalue weighted by atomic mass is 16.5. The second-order valence-corrected chi connectivity index (χ2v) is 8.66. The highest BCUT2D eigenvalue weighted by Gasteiger charge is 2.38. The number of fused-ring (bicyclic) bond motifs is 2. The number of guanidine groups is 1. The monoisotopic (exact) mass is 458 g/mol. The molecule has 1 aromatic rings. The van der Waals surface area contributed by atoms with Crippen molar-refractivity contribution in [2.45, 2.75) is 44.3 Å². The molecule has 0 aromatic heterocycles. The van der Waals surface area contributed by atoms with Crippen LogP contribution in [0.2, 0.25) is 0 Å². The number of nitrogens with one attached hydrogen (secondary N) is 3. The van der Waals surface area contributed by atoms with Gasteiger partial charge in [-0.05, 0) is 37.5 Å². The average Bonchev–Trinajstić information content (AvgIpc) is 3.15. The highest BCUT2D eigenvalue weighted by Crippen LogP contribution is 2.31. The Labute approximate surface area is 194 Å². The predicted octanol–water partition coefficient (Wildman–Crippen LogP) is -0.0606. The lowest BCUT2D eigenvalue weighted by molar-refractivity contribution is -0.126. The lowest BCUT2D eigenvalue weighted by atomic mass is 10.1. The Morgan fingerprint density at radius 3 is 2.88 bits per heavy atom. The Morgan fingerprint density at radius 1 is 1.30 bits per heavy atom. The van der Waals surface area contributed by atoms with E-state index in [1.807, 2.05) is 18.2 Å². The molecule has 2 saturated heterocycles. The highest BCUT2D eigenvalue weighted by molar-refractivity contribution is 6.07. The van der Waals surface area contributed by atoms with Gasteiger partial charge in [0.25, 0.3) is 5.91 Å². The number of ether oxygens (including phenoxy) is 1. The zero-order valence-electron chi connectivity index (χ0n) is 19.2. The molecule has 3 aliphatic rings. The molecule has 180 valence electrons. The summed E-state index contributed by atoms with van der Waals surface area (Å²) in [6.07, 6.45) is 3.75. The zero-order chi connectivity index (χ0) is 23.2. The molecule has 0 aliphatic carbocycles. The smallest absolute Gasteiger partial charge is 0.251 e. The number of carbonyl (C=O) groups is 2. The van der Waals surface area contributed by atoms with Crippen LogP contribution in [0.15, 0.2) is 23.2 Å². The van der Waals surface area contributed by atoms with Gasteiger partial charge in [-0.15, -0.1) is 0 Å². The summed E-state index contributed by atoms with van der Waals surface area (Å²) in [5, 5.41) is 18.4. The van der Waals surface area contributed by atoms with E-state index in [9.17, 15) is 14.7 Å². The van der Waals surface area contributed by atoms with Crippen LogP contribution in [-0.4, -0.2) is 91.2 Å². The van der Waals surface area contributed by atoms with E-state index in [2.05, 4.69) is 25.8 Å². The van der Waals surface area contributed by atoms with Crippen LogP contribution in [-0.2, 0) is 16.1 Å². The third-order valence-corrected chi connectivity index (χ3v) is 6.51. The first-order chi connectivity index (χ1) is 16.1. The van der Waals surface area contributed by atoms with Gasteiger partial charge in [0.1, 0.15) is 11.8 Å². The average molecular weight is 459 g/mol. The number of rotatable bonds is 10. The molecule has 2 unspecified atom stereocenters. The summed E-state index contributed by atoms with van der Waals surface area (Å²) in [6, 6.07) is 5.10. The number of carbonyl (C=O) groups excluding carboxylic acids is 2. The van der Waals surface area contributed by atoms with Crippen molar-refractivity contribution in [2.75, 3.05) is 46.4 Å². The molecule has 4 rings (SSSR count). The van der Waals surface area contributed by atoms with Gasteiger partial charge < -0.3 is 25.4 Å². The van der Waals surface area contributed by atoms with E-state index < -0.39 is 6.04 Å². The maximum atomic E-state index is 12.3. The van der Waals surface area contributed by atoms with Crippen molar-refractivity contribution in [3.05, 3.63) is 23.8 Å². The summed E-state index contributed by atoms with van der Waals surface area (Å²) in [5.74, 6) is 1.15. The van der Waals surface area contributed by atoms with Crippen LogP contribution < -0.4 is 20.7 Å². The quantitative estimate of drug-likeness (QED) is 0.363. The predicted molar refractivity (Wildman–Crippen MR) is 124 cm³/mol. The summed E-state index contributed by atoms with van der Waals surface area (Å²) in [4.78, 5) is 32.8. The lowest BCUT2D eigenvalue weighted by Crippen LogP contribution is -2.53. The van der Waals surface area contributed by atoms with Crippen LogP contribution in [0, 0.1) is 0 Å². The molecule has 4 N–H and O–H groups in total. The summed E-state index contributed by atoms with van der Waals surface area (Å²) in [5.41, 5.74) is 1.77. The van der Waals surface area contributed by atoms with Crippen molar-refractivity contribution in [1.29, 1.82) is 0 Å². The molecule has 2 fully saturated rings. The minimum Gasteiger partial charge on any atom is -0.494 e. The number of likely N-dealkylation sites (N-methyl/N-ethyl adjacent to an activating group) is 1. The second-order valence-electron chi connectivity index (χ2n) is 8.66. The number of unbranched alkanes of at least 4 members (excludes halogenated alkanes) is 2. The van der Waals surface area contributed by atoms with Gasteiger partial charge >= 0.3 is 0 Å². The van der Waals surface area contributed by atoms with Crippen LogP contribution >= 0.6 is 0 Å². The van der Waals surface area contributed by atoms with Crippen molar-refractivity contribution in [3.8, 4) is 5.75 Å². The number of hydrogen-bond donors (Lipinski definition) is 4. The fourth-order valence-corrected chi connectivity index (χ4v) is 4.64. The SMILES string of the molecule is CNC(=O)C(CCCCCOc1ccc2c(c1)CN1C(=N2)NC(=O)C1CO)N1CCNCC1. The molecule has 2 amide bonds. The lowest BCUT2D eigenvalue weighted by Gasteiger charge is -2.33. The van der Waals surface area contributed by atoms with Crippen LogP contribution in [0.4, 0.5) is 5.69 Å². The van der Waals surface area contributed by atoms with Gasteiger partial charge in [0.2, 0.25) is 11.9 Å². The van der Waals surface area contributed by atoms with Gasteiger partial charge in [0.15, 0.2) is 0 Å². The first-order valence-electron chi connectivity index (χ1n) is 11.8. The topological polar surface area (TPSA) is 119 Å². The number of aliphatic imine (C=N–C) groups is 1. The number of benzene rings is 1. The van der Waals surface area contributed by atoms with Crippen LogP contribution in [0.1, 0.15) is 31.2 Å². The van der Waals surface area contributed by atoms with Crippen LogP contribution in [0.3, 0.4) is 0 Å². The standard InChI is InChI=1S/C23H34N6O4/c1-24-21(31)19(28-10-8-25-9-11-28)5-3-2-4-12-33-17-6-7-18-16(13-17)14-29-20(15-30)22(32)27-23(29)26-18/h6-7,13,19-20,25,30H,2-5,8-12,14-15H2,1H3,(H,24,31)(H,26,27,32). The van der Waals surface area contributed by atoms with E-state index in [1.165, 1.54) is 0 Å². The summed E-state index contributed by atoms with van der Waals surface area (Å²) >= 11 is 0. The fraction of sp³-hybridized carbons (Fsp3) is 0.609. The van der Waals surface area contributed by atoms with Gasteiger partial charge in [-0.2, -0.15) is 0 Å². The molecule has 10 heteroatoms. The number of amides is 2. The maximum Gasteiger partial charge on any atom is 0.251 e. The molecular formula is C23H34N6O4. The van der Waals surface area contributed by atoms with Crippen LogP contribution in [0.5, 0.6) is 5.75 Å². The number of hydrogen-bond acceptors (Lipinski definition) is 8. The third kappa shape index (κ3) is 5.45. The summed E-state index contributed by atoms with van der Waals surface area (Å²) in [6.45, 7) is 4.54. The normalized spacial score (nSPS) is 21.0. The molecule has 3 aliphatic heterocycles. The van der Waals surface area contributed by atoms with E-state index in [-0.39, 0.29) is 24.5 Å². The van der Waals surface area contributed by atoms with E-state index in [1.54, 1.807) is 11.9 Å². The number of aliphatic hydroxyl groups excluding tert-OH is 1. The van der Waals surface area contributed by atoms with Crippen LogP contribution in [0.25, 0.3) is 0 Å². The Bertz CT molecular complexity index is 886. The number of nitrogens with zero attached hydrogens (tertiary/aromatic N) is 3. The molecule has 2 atom stereocenters. The largest absolute Gasteiger partial charge is 0.494 e. The minimum absolute atomic E-state index is 0.0567. The van der Waals surface area contributed by atoms with Gasteiger partial charge in [-0.25, -0.2) is 4.99 Å². The van der Waals surface area contributed by atoms with E-state index in [0.29, 0.717) is 19.1 Å². The first kappa shape index (κ1) is 23.5. The molecule has 0 bridgehead atoms. The van der Waals surface area contributed by atoms with Crippen molar-refractivity contribution in [1.82, 2.24) is 25.8 Å². The van der Waals surface area contributed by atoms with Gasteiger partial charge in [-0.1, -0.05) is 6.42 Å². The maximum absolute atomic E-state index is 12.3. The Morgan fingerprint density at radius 2 is 2.12 bits per heavy atom. The molecule has 0 spiro atoms. The van der Waals surface area contributed by atoms with E-state index in [0.717, 1.165) is 68.9 Å². The third-order valence-electron chi connectivity index (χ3n) is 6.51. The number of piperazine rings is 1.